The van der Waals surface area contributed by atoms with Gasteiger partial charge < -0.3 is 51.4 Å². The molecule has 1 fully saturated rings. The van der Waals surface area contributed by atoms with Gasteiger partial charge in [-0.25, -0.2) is 64.8 Å². The van der Waals surface area contributed by atoms with E-state index in [9.17, 15) is 0 Å². The Morgan fingerprint density at radius 2 is 0.733 bits per heavy atom. The van der Waals surface area contributed by atoms with Gasteiger partial charge in [0.1, 0.15) is 65.6 Å². The van der Waals surface area contributed by atoms with Gasteiger partial charge in [-0.3, -0.25) is 34.8 Å². The average Bonchev–Trinajstić information content (AvgIpc) is 1.70. The van der Waals surface area contributed by atoms with Gasteiger partial charge in [0.15, 0.2) is 59.1 Å². The van der Waals surface area contributed by atoms with E-state index in [4.69, 9.17) is 45.4 Å². The molecule has 0 amide bonds. The fourth-order valence-corrected chi connectivity index (χ4v) is 20.3. The highest BCUT2D eigenvalue weighted by Gasteiger charge is 2.23. The van der Waals surface area contributed by atoms with Crippen molar-refractivity contribution < 1.29 is 23.8 Å². The van der Waals surface area contributed by atoms with E-state index in [-0.39, 0.29) is 6.15 Å². The van der Waals surface area contributed by atoms with Gasteiger partial charge >= 0.3 is 6.15 Å². The number of carbonyl (C=O) groups excluding carboxylic acids is 2. The Hall–Kier alpha value is -15.6. The molecular formula is C109H105BrClN27O5S7. The molecule has 0 radical (unpaired) electrons. The maximum atomic E-state index is 8.12. The Morgan fingerprint density at radius 3 is 1.13 bits per heavy atom. The number of aromatic nitrogens is 19. The van der Waals surface area contributed by atoms with E-state index in [0.29, 0.717) is 40.0 Å². The molecule has 20 aromatic rings. The summed E-state index contributed by atoms with van der Waals surface area (Å²) >= 11 is 20.7. The lowest BCUT2D eigenvalue weighted by molar-refractivity contribution is -0.191. The third-order valence-electron chi connectivity index (χ3n) is 21.3. The lowest BCUT2D eigenvalue weighted by Crippen LogP contribution is -2.35. The van der Waals surface area contributed by atoms with Crippen molar-refractivity contribution in [2.75, 3.05) is 76.7 Å². The average molecular weight is 2210 g/mol. The number of ether oxygens (including phenoxy) is 3. The van der Waals surface area contributed by atoms with Gasteiger partial charge in [0, 0.05) is 121 Å². The number of morpholine rings is 1. The summed E-state index contributed by atoms with van der Waals surface area (Å²) in [4.78, 5) is 106. The molecule has 1 aliphatic rings. The Labute approximate surface area is 910 Å². The van der Waals surface area contributed by atoms with E-state index >= 15 is 0 Å². The van der Waals surface area contributed by atoms with Crippen LogP contribution in [0.25, 0.3) is 73.9 Å². The molecule has 0 atom stereocenters. The Bertz CT molecular complexity index is 7390. The van der Waals surface area contributed by atoms with Gasteiger partial charge in [-0.05, 0) is 246 Å². The highest BCUT2D eigenvalue weighted by molar-refractivity contribution is 9.11. The van der Waals surface area contributed by atoms with E-state index in [0.717, 1.165) is 199 Å². The topological polar surface area (TPSA) is 394 Å². The number of thiazole rings is 7. The zero-order valence-electron chi connectivity index (χ0n) is 83.5. The van der Waals surface area contributed by atoms with Gasteiger partial charge in [-0.2, -0.15) is 9.59 Å². The third-order valence-corrected chi connectivity index (χ3v) is 28.7. The van der Waals surface area contributed by atoms with Gasteiger partial charge in [0.05, 0.1) is 71.2 Å². The molecule has 1 saturated heterocycles. The van der Waals surface area contributed by atoms with Crippen molar-refractivity contribution in [3.8, 4) is 79.8 Å². The SMILES string of the molecule is C/C(=C\Nc1nc(C)c(C)s1)c1ccc(C)cc1.CCOc1cccnc1Nc1nc(-c2ccccn2)cs1.CCOc1cccnc1Nc1nc(-c2ccccn2)cs1.CCc1sc(Nc2ncccc2C)nc1-c1ccccn1.Cc1cccnc1Nc1nc(-c2ccccn2)c(Br)s1.Cc1cccnc1Nc1nc(-c2ccccn2)c(CN2CCOCC2)s1.Cc1cccnc1Nc1nc(-c2ccccn2)c(Cl)s1.O=C=O. The largest absolute Gasteiger partial charge is 0.490 e. The zero-order chi connectivity index (χ0) is 105. The Morgan fingerprint density at radius 1 is 0.380 bits per heavy atom. The number of allylic oxidation sites excluding steroid dienone is 1. The standard InChI is InChI=1S/C19H21N5OS.C16H16N4S.2C15H14N4OS.C15H18N2S.C14H11BrN4S.C14H11ClN4S.CO2/c1-14-5-4-8-21-18(14)23-19-22-17(15-6-2-3-7-20-15)16(26-19)13-24-9-11-25-12-10-24;1-3-13-14(12-8-4-5-9-17-12)19-16(21-13)20-15-11(2)7-6-10-18-15;2*1-2-20-13-7-5-9-17-14(13)19-15-18-12(10-21-15)11-6-3-4-8-16-11;1-10-5-7-14(8-6-10)11(2)9-16-15-17-12(3)13(4)18-15;2*1-9-5-4-8-17-13(9)19-14-18-11(12(15)20-14)10-6-2-3-7-16-10;2-1-3/h2-8H,9-13H2,1H3,(H,21,22,23);4-10H,3H2,1-2H3,(H,18,19,20);2*3-10H,2H2,1H3,(H,17,18,19);5-9H,1-4H3,(H,16,17);2*2-8H,1H3,(H,17,18,19);/b;;;;11-9+;;;. The summed E-state index contributed by atoms with van der Waals surface area (Å²) in [6.45, 7) is 27.9. The number of nitrogens with zero attached hydrogens (tertiary/aromatic N) is 20. The molecule has 0 spiro atoms. The Balaban J connectivity index is 0.000000137. The van der Waals surface area contributed by atoms with Gasteiger partial charge in [-0.15, -0.1) is 45.3 Å². The predicted octanol–water partition coefficient (Wildman–Crippen LogP) is 27.9. The quantitative estimate of drug-likeness (QED) is 0.0239. The van der Waals surface area contributed by atoms with E-state index in [2.05, 4.69) is 195 Å². The second-order valence-electron chi connectivity index (χ2n) is 32.0. The fraction of sp³-hybridized carbons (Fsp3) is 0.174. The number of halogens is 2. The molecule has 41 heteroatoms. The first-order chi connectivity index (χ1) is 73.2. The monoisotopic (exact) mass is 2210 g/mol. The maximum absolute atomic E-state index is 8.12. The smallest absolute Gasteiger partial charge is 0.373 e. The second kappa shape index (κ2) is 57.7. The van der Waals surface area contributed by atoms with E-state index in [1.807, 2.05) is 254 Å². The number of benzene rings is 1. The van der Waals surface area contributed by atoms with E-state index in [1.165, 1.54) is 76.7 Å². The van der Waals surface area contributed by atoms with Crippen LogP contribution in [0.4, 0.5) is 70.8 Å². The first kappa shape index (κ1) is 110. The fourth-order valence-electron chi connectivity index (χ4n) is 13.7. The van der Waals surface area contributed by atoms with Crippen LogP contribution in [0.3, 0.4) is 0 Å². The zero-order valence-corrected chi connectivity index (χ0v) is 91.6. The number of hydrogen-bond acceptors (Lipinski definition) is 39. The summed E-state index contributed by atoms with van der Waals surface area (Å²) in [5.74, 6) is 6.06. The van der Waals surface area contributed by atoms with Crippen LogP contribution in [-0.4, -0.2) is 145 Å². The lowest BCUT2D eigenvalue weighted by Gasteiger charge is -2.26. The van der Waals surface area contributed by atoms with Crippen LogP contribution in [0.2, 0.25) is 4.34 Å². The molecular weight excluding hydrogens is 2110 g/mol. The Kier molecular flexibility index (Phi) is 42.3. The maximum Gasteiger partial charge on any atom is 0.373 e. The van der Waals surface area contributed by atoms with Crippen molar-refractivity contribution in [3.63, 3.8) is 0 Å². The van der Waals surface area contributed by atoms with E-state index in [1.54, 1.807) is 102 Å². The summed E-state index contributed by atoms with van der Waals surface area (Å²) in [6, 6.07) is 66.5. The van der Waals surface area contributed by atoms with Crippen molar-refractivity contribution >= 4 is 189 Å². The summed E-state index contributed by atoms with van der Waals surface area (Å²) in [5, 5.41) is 32.3. The summed E-state index contributed by atoms with van der Waals surface area (Å²) in [6.07, 6.45) is 24.3. The number of hydrogen-bond donors (Lipinski definition) is 7. The van der Waals surface area contributed by atoms with Crippen molar-refractivity contribution in [2.24, 2.45) is 0 Å². The molecule has 1 aliphatic heterocycles. The normalized spacial score (nSPS) is 11.2. The number of rotatable bonds is 28. The minimum atomic E-state index is 0.250. The molecule has 32 nitrogen and oxygen atoms in total. The molecule has 1 aromatic carbocycles. The molecule has 19 aromatic heterocycles. The highest BCUT2D eigenvalue weighted by Crippen LogP contribution is 2.41. The molecule has 0 bridgehead atoms. The molecule has 0 aliphatic carbocycles. The van der Waals surface area contributed by atoms with Crippen LogP contribution in [0.5, 0.6) is 11.5 Å². The molecule has 7 N–H and O–H groups in total. The van der Waals surface area contributed by atoms with Crippen molar-refractivity contribution in [1.29, 1.82) is 0 Å². The molecule has 150 heavy (non-hydrogen) atoms. The van der Waals surface area contributed by atoms with Gasteiger partial charge in [0.25, 0.3) is 0 Å². The highest BCUT2D eigenvalue weighted by atomic mass is 79.9. The van der Waals surface area contributed by atoms with Crippen LogP contribution in [-0.2, 0) is 27.3 Å². The second-order valence-corrected chi connectivity index (χ2v) is 41.1. The summed E-state index contributed by atoms with van der Waals surface area (Å²) in [5.41, 5.74) is 19.4. The first-order valence-electron chi connectivity index (χ1n) is 47.1. The van der Waals surface area contributed by atoms with Crippen LogP contribution in [0, 0.1) is 48.5 Å². The molecule has 762 valence electrons. The number of pyridine rings is 12. The van der Waals surface area contributed by atoms with Crippen LogP contribution >= 0.6 is 107 Å². The molecule has 20 heterocycles. The van der Waals surface area contributed by atoms with Crippen molar-refractivity contribution in [2.45, 2.75) is 89.1 Å². The number of nitrogens with one attached hydrogen (secondary N) is 7. The van der Waals surface area contributed by atoms with Crippen LogP contribution in [0.15, 0.2) is 301 Å². The van der Waals surface area contributed by atoms with E-state index < -0.39 is 0 Å². The van der Waals surface area contributed by atoms with Crippen molar-refractivity contribution in [1.82, 2.24) is 99.6 Å². The molecule has 0 unspecified atom stereocenters. The summed E-state index contributed by atoms with van der Waals surface area (Å²) in [7, 11) is 0. The molecule has 0 saturated carbocycles. The molecule has 21 rings (SSSR count). The number of anilines is 13. The minimum Gasteiger partial charge on any atom is -0.490 e. The minimum absolute atomic E-state index is 0.250. The lowest BCUT2D eigenvalue weighted by atomic mass is 10.1. The van der Waals surface area contributed by atoms with Gasteiger partial charge in [-0.1, -0.05) is 143 Å². The predicted molar refractivity (Wildman–Crippen MR) is 612 cm³/mol. The van der Waals surface area contributed by atoms with Gasteiger partial charge in [0.2, 0.25) is 0 Å². The van der Waals surface area contributed by atoms with Crippen LogP contribution < -0.4 is 46.7 Å². The summed E-state index contributed by atoms with van der Waals surface area (Å²) < 4.78 is 18.1. The van der Waals surface area contributed by atoms with Crippen molar-refractivity contribution in [3.05, 3.63) is 359 Å². The van der Waals surface area contributed by atoms with Crippen LogP contribution in [0.1, 0.15) is 81.4 Å². The third kappa shape index (κ3) is 33.0. The number of aryl methyl sites for hydroxylation is 8. The first-order valence-corrected chi connectivity index (χ1v) is 54.2.